The average Bonchev–Trinajstić information content (AvgIpc) is 2.95. The number of carbonyl (C=O) groups is 1. The van der Waals surface area contributed by atoms with Crippen LogP contribution in [0.1, 0.15) is 98.3 Å². The third-order valence-corrected chi connectivity index (χ3v) is 11.9. The van der Waals surface area contributed by atoms with Gasteiger partial charge in [0.2, 0.25) is 0 Å². The highest BCUT2D eigenvalue weighted by Gasteiger charge is 2.71. The molecule has 3 heteroatoms. The Balaban J connectivity index is 1.55. The maximum atomic E-state index is 13.2. The Morgan fingerprint density at radius 1 is 0.931 bits per heavy atom. The lowest BCUT2D eigenvalue weighted by Gasteiger charge is -2.66. The molecule has 164 valence electrons. The Morgan fingerprint density at radius 3 is 2.38 bits per heavy atom. The molecule has 10 atom stereocenters. The molecular formula is C26H42O3. The number of carbonyl (C=O) groups excluding carboxylic acids is 1. The van der Waals surface area contributed by atoms with Crippen LogP contribution in [0.3, 0.4) is 0 Å². The van der Waals surface area contributed by atoms with Crippen LogP contribution >= 0.6 is 0 Å². The summed E-state index contributed by atoms with van der Waals surface area (Å²) < 4.78 is 0. The Bertz CT molecular complexity index is 704. The molecule has 5 rings (SSSR count). The van der Waals surface area contributed by atoms with Crippen molar-refractivity contribution in [1.29, 1.82) is 0 Å². The lowest BCUT2D eigenvalue weighted by atomic mass is 9.40. The Morgan fingerprint density at radius 2 is 1.66 bits per heavy atom. The first-order valence-electron chi connectivity index (χ1n) is 12.5. The van der Waals surface area contributed by atoms with E-state index in [1.165, 1.54) is 25.7 Å². The van der Waals surface area contributed by atoms with E-state index in [-0.39, 0.29) is 28.3 Å². The third-order valence-electron chi connectivity index (χ3n) is 11.9. The lowest BCUT2D eigenvalue weighted by molar-refractivity contribution is -0.246. The van der Waals surface area contributed by atoms with E-state index in [4.69, 9.17) is 0 Å². The van der Waals surface area contributed by atoms with E-state index >= 15 is 0 Å². The molecule has 0 spiro atoms. The number of hydrogen-bond donors (Lipinski definition) is 2. The molecule has 0 aromatic carbocycles. The molecule has 0 unspecified atom stereocenters. The first-order valence-corrected chi connectivity index (χ1v) is 12.5. The lowest BCUT2D eigenvalue weighted by Crippen LogP contribution is -2.66. The largest absolute Gasteiger partial charge is 0.393 e. The molecule has 0 bridgehead atoms. The predicted molar refractivity (Wildman–Crippen MR) is 114 cm³/mol. The normalized spacial score (nSPS) is 59.2. The van der Waals surface area contributed by atoms with Crippen molar-refractivity contribution in [3.63, 3.8) is 0 Å². The fourth-order valence-electron chi connectivity index (χ4n) is 10.5. The second-order valence-corrected chi connectivity index (χ2v) is 12.4. The summed E-state index contributed by atoms with van der Waals surface area (Å²) >= 11 is 0. The van der Waals surface area contributed by atoms with Crippen LogP contribution in [0, 0.1) is 45.8 Å². The zero-order valence-corrected chi connectivity index (χ0v) is 19.0. The monoisotopic (exact) mass is 402 g/mol. The number of ketones is 1. The summed E-state index contributed by atoms with van der Waals surface area (Å²) in [6.45, 7) is 8.96. The SMILES string of the molecule is CC(=O)[C@]12CCCC[C@@H]1C[C@H]1[C@@H]3C[C@H](C)[C@@]4(O)C[C@H](O)CC[C@]4(C)[C@H]3CC[C@@]12C. The van der Waals surface area contributed by atoms with Gasteiger partial charge in [0.15, 0.2) is 0 Å². The fraction of sp³-hybridized carbons (Fsp3) is 0.962. The number of Topliss-reactive ketones (excluding diaryl/α,β-unsaturated/α-hetero) is 1. The van der Waals surface area contributed by atoms with Crippen LogP contribution in [-0.2, 0) is 4.79 Å². The van der Waals surface area contributed by atoms with Crippen molar-refractivity contribution in [3.8, 4) is 0 Å². The number of rotatable bonds is 1. The molecule has 0 aromatic rings. The van der Waals surface area contributed by atoms with Gasteiger partial charge in [-0.2, -0.15) is 0 Å². The maximum Gasteiger partial charge on any atom is 0.136 e. The van der Waals surface area contributed by atoms with Crippen molar-refractivity contribution in [1.82, 2.24) is 0 Å². The molecule has 0 heterocycles. The molecular weight excluding hydrogens is 360 g/mol. The van der Waals surface area contributed by atoms with Gasteiger partial charge in [0, 0.05) is 11.8 Å². The second-order valence-electron chi connectivity index (χ2n) is 12.4. The van der Waals surface area contributed by atoms with Crippen LogP contribution in [-0.4, -0.2) is 27.7 Å². The second kappa shape index (κ2) is 6.31. The number of hydrogen-bond acceptors (Lipinski definition) is 3. The van der Waals surface area contributed by atoms with E-state index < -0.39 is 5.60 Å². The minimum absolute atomic E-state index is 0.0818. The predicted octanol–water partition coefficient (Wildman–Crippen LogP) is 5.13. The van der Waals surface area contributed by atoms with Gasteiger partial charge in [-0.15, -0.1) is 0 Å². The van der Waals surface area contributed by atoms with Gasteiger partial charge in [0.25, 0.3) is 0 Å². The number of aliphatic hydroxyl groups excluding tert-OH is 1. The van der Waals surface area contributed by atoms with Crippen molar-refractivity contribution >= 4 is 5.78 Å². The van der Waals surface area contributed by atoms with Crippen molar-refractivity contribution in [3.05, 3.63) is 0 Å². The summed E-state index contributed by atoms with van der Waals surface area (Å²) in [4.78, 5) is 13.2. The maximum absolute atomic E-state index is 13.2. The van der Waals surface area contributed by atoms with Gasteiger partial charge in [0.1, 0.15) is 5.78 Å². The van der Waals surface area contributed by atoms with Crippen LogP contribution in [0.25, 0.3) is 0 Å². The molecule has 3 nitrogen and oxygen atoms in total. The van der Waals surface area contributed by atoms with Gasteiger partial charge in [-0.1, -0.05) is 33.6 Å². The summed E-state index contributed by atoms with van der Waals surface area (Å²) in [5.41, 5.74) is -0.761. The van der Waals surface area contributed by atoms with Crippen LogP contribution in [0.2, 0.25) is 0 Å². The van der Waals surface area contributed by atoms with Crippen LogP contribution < -0.4 is 0 Å². The average molecular weight is 403 g/mol. The summed E-state index contributed by atoms with van der Waals surface area (Å²) in [6, 6.07) is 0. The molecule has 0 aromatic heterocycles. The molecule has 5 saturated carbocycles. The Kier molecular flexibility index (Phi) is 4.46. The van der Waals surface area contributed by atoms with Crippen LogP contribution in [0.5, 0.6) is 0 Å². The van der Waals surface area contributed by atoms with E-state index in [2.05, 4.69) is 20.8 Å². The van der Waals surface area contributed by atoms with Gasteiger partial charge in [-0.05, 0) is 98.7 Å². The third kappa shape index (κ3) is 2.30. The highest BCUT2D eigenvalue weighted by atomic mass is 16.3. The molecule has 5 aliphatic rings. The molecule has 29 heavy (non-hydrogen) atoms. The molecule has 2 N–H and O–H groups in total. The highest BCUT2D eigenvalue weighted by molar-refractivity contribution is 5.84. The first-order chi connectivity index (χ1) is 13.6. The zero-order valence-electron chi connectivity index (χ0n) is 19.0. The molecule has 5 aliphatic carbocycles. The quantitative estimate of drug-likeness (QED) is 0.639. The van der Waals surface area contributed by atoms with Gasteiger partial charge >= 0.3 is 0 Å². The summed E-state index contributed by atoms with van der Waals surface area (Å²) in [5.74, 6) is 3.08. The Labute approximate surface area is 177 Å². The molecule has 0 radical (unpaired) electrons. The highest BCUT2D eigenvalue weighted by Crippen LogP contribution is 2.75. The smallest absolute Gasteiger partial charge is 0.136 e. The van der Waals surface area contributed by atoms with Crippen LogP contribution in [0.4, 0.5) is 0 Å². The van der Waals surface area contributed by atoms with E-state index in [1.807, 2.05) is 6.92 Å². The van der Waals surface area contributed by atoms with Crippen molar-refractivity contribution < 1.29 is 15.0 Å². The summed E-state index contributed by atoms with van der Waals surface area (Å²) in [7, 11) is 0. The van der Waals surface area contributed by atoms with Gasteiger partial charge in [-0.25, -0.2) is 0 Å². The fourth-order valence-corrected chi connectivity index (χ4v) is 10.5. The van der Waals surface area contributed by atoms with E-state index in [9.17, 15) is 15.0 Å². The summed E-state index contributed by atoms with van der Waals surface area (Å²) in [6.07, 6.45) is 11.5. The first kappa shape index (κ1) is 20.5. The molecule has 0 aliphatic heterocycles. The van der Waals surface area contributed by atoms with E-state index in [1.54, 1.807) is 0 Å². The molecule has 5 fully saturated rings. The van der Waals surface area contributed by atoms with Gasteiger partial charge in [-0.3, -0.25) is 4.79 Å². The molecule has 0 amide bonds. The van der Waals surface area contributed by atoms with Crippen LogP contribution in [0.15, 0.2) is 0 Å². The topological polar surface area (TPSA) is 57.5 Å². The van der Waals surface area contributed by atoms with E-state index in [0.717, 1.165) is 38.5 Å². The molecule has 0 saturated heterocycles. The zero-order chi connectivity index (χ0) is 20.8. The standard InChI is InChI=1S/C26H42O3/c1-16-13-20-21(24(4)11-8-19(28)15-26(16,24)29)9-12-23(3)22(20)14-18-7-5-6-10-25(18,23)17(2)27/h16,18-22,28-29H,5-15H2,1-4H3/t16-,18+,19+,20+,21-,22-,23-,24+,25+,26-/m0/s1. The van der Waals surface area contributed by atoms with Crippen molar-refractivity contribution in [2.75, 3.05) is 0 Å². The number of fused-ring (bicyclic) bond motifs is 7. The summed E-state index contributed by atoms with van der Waals surface area (Å²) in [5, 5.41) is 22.2. The van der Waals surface area contributed by atoms with Crippen molar-refractivity contribution in [2.45, 2.75) is 110 Å². The minimum atomic E-state index is -0.733. The Hall–Kier alpha value is -0.410. The van der Waals surface area contributed by atoms with Gasteiger partial charge < -0.3 is 10.2 Å². The van der Waals surface area contributed by atoms with Crippen molar-refractivity contribution in [2.24, 2.45) is 45.8 Å². The number of aliphatic hydroxyl groups is 2. The van der Waals surface area contributed by atoms with E-state index in [0.29, 0.717) is 35.9 Å². The van der Waals surface area contributed by atoms with Gasteiger partial charge in [0.05, 0.1) is 11.7 Å². The minimum Gasteiger partial charge on any atom is -0.393 e.